The van der Waals surface area contributed by atoms with Gasteiger partial charge in [0.2, 0.25) is 5.91 Å². The van der Waals surface area contributed by atoms with Crippen molar-refractivity contribution in [3.8, 4) is 0 Å². The summed E-state index contributed by atoms with van der Waals surface area (Å²) in [6, 6.07) is 8.45. The van der Waals surface area contributed by atoms with Crippen LogP contribution >= 0.6 is 11.6 Å². The molecule has 0 saturated heterocycles. The molecule has 2 fully saturated rings. The van der Waals surface area contributed by atoms with E-state index in [1.54, 1.807) is 0 Å². The van der Waals surface area contributed by atoms with Gasteiger partial charge in [0.1, 0.15) is 0 Å². The monoisotopic (exact) mass is 320 g/mol. The molecule has 1 aromatic rings. The molecule has 0 bridgehead atoms. The van der Waals surface area contributed by atoms with Crippen LogP contribution in [0.25, 0.3) is 0 Å². The average molecular weight is 321 g/mol. The number of benzene rings is 1. The van der Waals surface area contributed by atoms with E-state index in [9.17, 15) is 4.79 Å². The van der Waals surface area contributed by atoms with Crippen LogP contribution in [0.2, 0.25) is 5.02 Å². The molecular formula is C18H25ClN2O. The van der Waals surface area contributed by atoms with Gasteiger partial charge in [0.05, 0.1) is 6.04 Å². The third-order valence-electron chi connectivity index (χ3n) is 5.16. The van der Waals surface area contributed by atoms with Crippen LogP contribution in [0.4, 0.5) is 0 Å². The number of nitrogens with two attached hydrogens (primary N) is 1. The molecule has 2 aliphatic rings. The van der Waals surface area contributed by atoms with Gasteiger partial charge in [-0.25, -0.2) is 0 Å². The Balaban J connectivity index is 1.75. The lowest BCUT2D eigenvalue weighted by Gasteiger charge is -2.31. The number of carbonyl (C=O) groups is 1. The topological polar surface area (TPSA) is 46.3 Å². The standard InChI is InChI=1S/C18H25ClN2O/c1-12(15-6-2-3-7-16(15)19)21(14-9-10-14)18(22)11-13-5-4-8-17(13)20/h2-3,6-7,12-14,17H,4-5,8-11,20H2,1H3/t12?,13-,17+/m0/s1. The second-order valence-electron chi connectivity index (χ2n) is 6.79. The lowest BCUT2D eigenvalue weighted by atomic mass is 9.98. The predicted octanol–water partition coefficient (Wildman–Crippen LogP) is 3.91. The van der Waals surface area contributed by atoms with E-state index >= 15 is 0 Å². The summed E-state index contributed by atoms with van der Waals surface area (Å²) in [5.41, 5.74) is 7.18. The normalized spacial score (nSPS) is 26.0. The molecule has 1 amide bonds. The number of hydrogen-bond acceptors (Lipinski definition) is 2. The van der Waals surface area contributed by atoms with Crippen molar-refractivity contribution in [3.63, 3.8) is 0 Å². The second kappa shape index (κ2) is 6.59. The van der Waals surface area contributed by atoms with Crippen molar-refractivity contribution in [2.45, 2.75) is 63.6 Å². The molecule has 4 heteroatoms. The van der Waals surface area contributed by atoms with Crippen molar-refractivity contribution in [1.82, 2.24) is 4.90 Å². The average Bonchev–Trinajstić information content (AvgIpc) is 3.24. The zero-order chi connectivity index (χ0) is 15.7. The molecule has 2 aliphatic carbocycles. The quantitative estimate of drug-likeness (QED) is 0.894. The smallest absolute Gasteiger partial charge is 0.223 e. The Morgan fingerprint density at radius 2 is 2.05 bits per heavy atom. The van der Waals surface area contributed by atoms with Crippen LogP contribution in [0.3, 0.4) is 0 Å². The fourth-order valence-corrected chi connectivity index (χ4v) is 3.99. The summed E-state index contributed by atoms with van der Waals surface area (Å²) in [5, 5.41) is 0.742. The summed E-state index contributed by atoms with van der Waals surface area (Å²) in [6.07, 6.45) is 6.11. The van der Waals surface area contributed by atoms with Gasteiger partial charge in [0, 0.05) is 23.5 Å². The molecule has 0 radical (unpaired) electrons. The maximum absolute atomic E-state index is 12.9. The predicted molar refractivity (Wildman–Crippen MR) is 89.7 cm³/mol. The molecule has 1 aromatic carbocycles. The maximum Gasteiger partial charge on any atom is 0.223 e. The summed E-state index contributed by atoms with van der Waals surface area (Å²) in [7, 11) is 0. The third kappa shape index (κ3) is 3.31. The Bertz CT molecular complexity index is 544. The number of hydrogen-bond donors (Lipinski definition) is 1. The summed E-state index contributed by atoms with van der Waals surface area (Å²) in [4.78, 5) is 14.9. The highest BCUT2D eigenvalue weighted by Crippen LogP contribution is 2.38. The van der Waals surface area contributed by atoms with Gasteiger partial charge in [0.15, 0.2) is 0 Å². The van der Waals surface area contributed by atoms with Crippen LogP contribution in [0, 0.1) is 5.92 Å². The van der Waals surface area contributed by atoms with Crippen LogP contribution in [-0.2, 0) is 4.79 Å². The van der Waals surface area contributed by atoms with Crippen molar-refractivity contribution >= 4 is 17.5 Å². The first kappa shape index (κ1) is 15.8. The minimum absolute atomic E-state index is 0.0336. The zero-order valence-electron chi connectivity index (χ0n) is 13.2. The fraction of sp³-hybridized carbons (Fsp3) is 0.611. The summed E-state index contributed by atoms with van der Waals surface area (Å²) in [5.74, 6) is 0.601. The molecule has 22 heavy (non-hydrogen) atoms. The molecule has 3 atom stereocenters. The van der Waals surface area contributed by atoms with Crippen LogP contribution in [-0.4, -0.2) is 22.9 Å². The minimum Gasteiger partial charge on any atom is -0.333 e. The van der Waals surface area contributed by atoms with Crippen LogP contribution in [0.5, 0.6) is 0 Å². The van der Waals surface area contributed by atoms with Crippen molar-refractivity contribution in [2.75, 3.05) is 0 Å². The van der Waals surface area contributed by atoms with Gasteiger partial charge in [0.25, 0.3) is 0 Å². The van der Waals surface area contributed by atoms with E-state index in [0.29, 0.717) is 18.4 Å². The number of rotatable bonds is 5. The van der Waals surface area contributed by atoms with Gasteiger partial charge < -0.3 is 10.6 Å². The number of halogens is 1. The van der Waals surface area contributed by atoms with Crippen LogP contribution in [0.1, 0.15) is 57.1 Å². The highest BCUT2D eigenvalue weighted by molar-refractivity contribution is 6.31. The highest BCUT2D eigenvalue weighted by atomic mass is 35.5. The molecular weight excluding hydrogens is 296 g/mol. The van der Waals surface area contributed by atoms with E-state index in [2.05, 4.69) is 11.8 Å². The van der Waals surface area contributed by atoms with E-state index in [-0.39, 0.29) is 18.0 Å². The molecule has 120 valence electrons. The van der Waals surface area contributed by atoms with Gasteiger partial charge in [-0.3, -0.25) is 4.79 Å². The Labute approximate surface area is 137 Å². The lowest BCUT2D eigenvalue weighted by Crippen LogP contribution is -2.38. The third-order valence-corrected chi connectivity index (χ3v) is 5.50. The summed E-state index contributed by atoms with van der Waals surface area (Å²) >= 11 is 6.33. The molecule has 0 spiro atoms. The highest BCUT2D eigenvalue weighted by Gasteiger charge is 2.38. The summed E-state index contributed by atoms with van der Waals surface area (Å²) < 4.78 is 0. The van der Waals surface area contributed by atoms with Crippen molar-refractivity contribution in [2.24, 2.45) is 11.7 Å². The molecule has 1 unspecified atom stereocenters. The van der Waals surface area contributed by atoms with E-state index in [1.807, 2.05) is 24.3 Å². The molecule has 0 aliphatic heterocycles. The lowest BCUT2D eigenvalue weighted by molar-refractivity contribution is -0.135. The van der Waals surface area contributed by atoms with Gasteiger partial charge >= 0.3 is 0 Å². The van der Waals surface area contributed by atoms with E-state index in [4.69, 9.17) is 17.3 Å². The van der Waals surface area contributed by atoms with Gasteiger partial charge in [-0.1, -0.05) is 36.2 Å². The van der Waals surface area contributed by atoms with Crippen LogP contribution < -0.4 is 5.73 Å². The van der Waals surface area contributed by atoms with E-state index in [0.717, 1.165) is 42.7 Å². The maximum atomic E-state index is 12.9. The van der Waals surface area contributed by atoms with E-state index in [1.165, 1.54) is 0 Å². The van der Waals surface area contributed by atoms with Crippen molar-refractivity contribution in [3.05, 3.63) is 34.9 Å². The van der Waals surface area contributed by atoms with Gasteiger partial charge in [-0.2, -0.15) is 0 Å². The Morgan fingerprint density at radius 1 is 1.32 bits per heavy atom. The molecule has 2 N–H and O–H groups in total. The van der Waals surface area contributed by atoms with E-state index < -0.39 is 0 Å². The Hall–Kier alpha value is -1.06. The molecule has 3 rings (SSSR count). The SMILES string of the molecule is CC(c1ccccc1Cl)N(C(=O)C[C@@H]1CCC[C@H]1N)C1CC1. The van der Waals surface area contributed by atoms with Crippen molar-refractivity contribution < 1.29 is 4.79 Å². The largest absolute Gasteiger partial charge is 0.333 e. The summed E-state index contributed by atoms with van der Waals surface area (Å²) in [6.45, 7) is 2.09. The number of carbonyl (C=O) groups excluding carboxylic acids is 1. The Morgan fingerprint density at radius 3 is 2.64 bits per heavy atom. The van der Waals surface area contributed by atoms with Gasteiger partial charge in [-0.15, -0.1) is 0 Å². The number of nitrogens with zero attached hydrogens (tertiary/aromatic N) is 1. The fourth-order valence-electron chi connectivity index (χ4n) is 3.70. The zero-order valence-corrected chi connectivity index (χ0v) is 13.9. The van der Waals surface area contributed by atoms with Gasteiger partial charge in [-0.05, 0) is 50.2 Å². The van der Waals surface area contributed by atoms with Crippen molar-refractivity contribution in [1.29, 1.82) is 0 Å². The second-order valence-corrected chi connectivity index (χ2v) is 7.20. The first-order valence-electron chi connectivity index (χ1n) is 8.39. The van der Waals surface area contributed by atoms with Crippen LogP contribution in [0.15, 0.2) is 24.3 Å². The molecule has 0 heterocycles. The molecule has 3 nitrogen and oxygen atoms in total. The minimum atomic E-state index is 0.0336. The first-order chi connectivity index (χ1) is 10.6. The first-order valence-corrected chi connectivity index (χ1v) is 8.77. The Kier molecular flexibility index (Phi) is 4.74. The molecule has 2 saturated carbocycles. The number of amides is 1. The molecule has 0 aromatic heterocycles.